The van der Waals surface area contributed by atoms with Crippen LogP contribution in [-0.4, -0.2) is 24.4 Å². The van der Waals surface area contributed by atoms with E-state index in [1.165, 1.54) is 0 Å². The zero-order valence-corrected chi connectivity index (χ0v) is 12.1. The number of carbonyl (C=O) groups is 2. The summed E-state index contributed by atoms with van der Waals surface area (Å²) in [6.45, 7) is 0.0331. The largest absolute Gasteiger partial charge is 0.368 e. The monoisotopic (exact) mass is 325 g/mol. The summed E-state index contributed by atoms with van der Waals surface area (Å²) in [5.74, 6) is 0.119. The molecule has 1 aliphatic rings. The standard InChI is InChI=1S/C14H16BrNO3/c15-10-2-1-3-11(8-10)16-14(18)9-19-13-6-4-12(17)5-7-13/h1-3,8,13H,4-7,9H2,(H,16,18). The summed E-state index contributed by atoms with van der Waals surface area (Å²) in [6.07, 6.45) is 2.62. The molecule has 0 aromatic heterocycles. The fourth-order valence-electron chi connectivity index (χ4n) is 2.04. The van der Waals surface area contributed by atoms with E-state index in [4.69, 9.17) is 4.74 Å². The molecule has 1 saturated carbocycles. The third-order valence-corrected chi connectivity index (χ3v) is 3.54. The van der Waals surface area contributed by atoms with Crippen molar-refractivity contribution in [1.29, 1.82) is 0 Å². The van der Waals surface area contributed by atoms with Crippen molar-refractivity contribution in [2.45, 2.75) is 31.8 Å². The lowest BCUT2D eigenvalue weighted by molar-refractivity contribution is -0.126. The van der Waals surface area contributed by atoms with Crippen molar-refractivity contribution in [3.63, 3.8) is 0 Å². The van der Waals surface area contributed by atoms with Gasteiger partial charge < -0.3 is 10.1 Å². The van der Waals surface area contributed by atoms with E-state index < -0.39 is 0 Å². The summed E-state index contributed by atoms with van der Waals surface area (Å²) in [6, 6.07) is 7.40. The molecular weight excluding hydrogens is 310 g/mol. The van der Waals surface area contributed by atoms with Crippen molar-refractivity contribution in [2.24, 2.45) is 0 Å². The van der Waals surface area contributed by atoms with Gasteiger partial charge in [0.25, 0.3) is 0 Å². The Hall–Kier alpha value is -1.20. The van der Waals surface area contributed by atoms with Crippen LogP contribution in [0.4, 0.5) is 5.69 Å². The third-order valence-electron chi connectivity index (χ3n) is 3.05. The Morgan fingerprint density at radius 3 is 2.79 bits per heavy atom. The summed E-state index contributed by atoms with van der Waals surface area (Å²) in [7, 11) is 0. The molecule has 0 aliphatic heterocycles. The number of halogens is 1. The lowest BCUT2D eigenvalue weighted by Gasteiger charge is -2.21. The Balaban J connectivity index is 1.74. The maximum absolute atomic E-state index is 11.7. The highest BCUT2D eigenvalue weighted by atomic mass is 79.9. The molecule has 1 fully saturated rings. The van der Waals surface area contributed by atoms with E-state index in [0.29, 0.717) is 18.6 Å². The Labute approximate surface area is 120 Å². The molecule has 0 unspecified atom stereocenters. The highest BCUT2D eigenvalue weighted by Gasteiger charge is 2.19. The second kappa shape index (κ2) is 6.82. The molecule has 4 nitrogen and oxygen atoms in total. The molecule has 2 rings (SSSR count). The highest BCUT2D eigenvalue weighted by Crippen LogP contribution is 2.18. The quantitative estimate of drug-likeness (QED) is 0.926. The van der Waals surface area contributed by atoms with Gasteiger partial charge in [-0.2, -0.15) is 0 Å². The molecule has 1 N–H and O–H groups in total. The molecule has 0 heterocycles. The van der Waals surface area contributed by atoms with Crippen LogP contribution in [0.1, 0.15) is 25.7 Å². The molecule has 0 spiro atoms. The van der Waals surface area contributed by atoms with Crippen molar-refractivity contribution in [3.8, 4) is 0 Å². The van der Waals surface area contributed by atoms with Gasteiger partial charge in [-0.3, -0.25) is 9.59 Å². The van der Waals surface area contributed by atoms with Gasteiger partial charge in [-0.05, 0) is 31.0 Å². The van der Waals surface area contributed by atoms with Crippen LogP contribution in [0, 0.1) is 0 Å². The van der Waals surface area contributed by atoms with E-state index in [0.717, 1.165) is 23.0 Å². The minimum absolute atomic E-state index is 0.0331. The summed E-state index contributed by atoms with van der Waals surface area (Å²) in [4.78, 5) is 22.8. The predicted octanol–water partition coefficient (Wildman–Crippen LogP) is 2.92. The van der Waals surface area contributed by atoms with Crippen LogP contribution >= 0.6 is 15.9 Å². The van der Waals surface area contributed by atoms with E-state index in [-0.39, 0.29) is 18.6 Å². The molecule has 0 saturated heterocycles. The van der Waals surface area contributed by atoms with Crippen LogP contribution in [0.15, 0.2) is 28.7 Å². The van der Waals surface area contributed by atoms with Crippen LogP contribution in [0.5, 0.6) is 0 Å². The maximum Gasteiger partial charge on any atom is 0.250 e. The summed E-state index contributed by atoms with van der Waals surface area (Å²) < 4.78 is 6.43. The van der Waals surface area contributed by atoms with E-state index in [2.05, 4.69) is 21.2 Å². The van der Waals surface area contributed by atoms with E-state index >= 15 is 0 Å². The van der Waals surface area contributed by atoms with Gasteiger partial charge in [0, 0.05) is 23.0 Å². The molecule has 0 bridgehead atoms. The summed E-state index contributed by atoms with van der Waals surface area (Å²) >= 11 is 3.34. The van der Waals surface area contributed by atoms with Gasteiger partial charge in [0.05, 0.1) is 6.10 Å². The first kappa shape index (κ1) is 14.2. The number of ketones is 1. The van der Waals surface area contributed by atoms with E-state index in [9.17, 15) is 9.59 Å². The van der Waals surface area contributed by atoms with Gasteiger partial charge in [0.2, 0.25) is 5.91 Å². The fraction of sp³-hybridized carbons (Fsp3) is 0.429. The number of amides is 1. The third kappa shape index (κ3) is 4.76. The zero-order chi connectivity index (χ0) is 13.7. The number of anilines is 1. The molecule has 1 aromatic rings. The number of hydrogen-bond acceptors (Lipinski definition) is 3. The fourth-order valence-corrected chi connectivity index (χ4v) is 2.44. The van der Waals surface area contributed by atoms with Gasteiger partial charge in [-0.15, -0.1) is 0 Å². The summed E-state index contributed by atoms with van der Waals surface area (Å²) in [5, 5.41) is 2.77. The van der Waals surface area contributed by atoms with Crippen LogP contribution < -0.4 is 5.32 Å². The molecule has 5 heteroatoms. The van der Waals surface area contributed by atoms with Crippen molar-refractivity contribution in [1.82, 2.24) is 0 Å². The molecule has 1 aromatic carbocycles. The van der Waals surface area contributed by atoms with Crippen molar-refractivity contribution < 1.29 is 14.3 Å². The number of rotatable bonds is 4. The Morgan fingerprint density at radius 1 is 1.37 bits per heavy atom. The molecule has 0 atom stereocenters. The first-order valence-corrected chi connectivity index (χ1v) is 7.11. The van der Waals surface area contributed by atoms with Crippen LogP contribution in [0.25, 0.3) is 0 Å². The molecule has 1 aliphatic carbocycles. The molecule has 19 heavy (non-hydrogen) atoms. The van der Waals surface area contributed by atoms with Crippen molar-refractivity contribution in [2.75, 3.05) is 11.9 Å². The summed E-state index contributed by atoms with van der Waals surface area (Å²) in [5.41, 5.74) is 0.738. The average Bonchev–Trinajstić information content (AvgIpc) is 2.38. The number of benzene rings is 1. The van der Waals surface area contributed by atoms with E-state index in [1.807, 2.05) is 24.3 Å². The first-order chi connectivity index (χ1) is 9.13. The van der Waals surface area contributed by atoms with Gasteiger partial charge in [0.15, 0.2) is 0 Å². The zero-order valence-electron chi connectivity index (χ0n) is 10.5. The first-order valence-electron chi connectivity index (χ1n) is 6.32. The predicted molar refractivity (Wildman–Crippen MR) is 76.0 cm³/mol. The highest BCUT2D eigenvalue weighted by molar-refractivity contribution is 9.10. The van der Waals surface area contributed by atoms with Gasteiger partial charge in [-0.1, -0.05) is 22.0 Å². The topological polar surface area (TPSA) is 55.4 Å². The molecular formula is C14H16BrNO3. The van der Waals surface area contributed by atoms with Gasteiger partial charge in [-0.25, -0.2) is 0 Å². The van der Waals surface area contributed by atoms with Crippen LogP contribution in [0.3, 0.4) is 0 Å². The minimum atomic E-state index is -0.171. The lowest BCUT2D eigenvalue weighted by Crippen LogP contribution is -2.26. The second-order valence-electron chi connectivity index (χ2n) is 4.61. The minimum Gasteiger partial charge on any atom is -0.368 e. The Morgan fingerprint density at radius 2 is 2.11 bits per heavy atom. The number of hydrogen-bond donors (Lipinski definition) is 1. The number of ether oxygens (including phenoxy) is 1. The molecule has 102 valence electrons. The maximum atomic E-state index is 11.7. The SMILES string of the molecule is O=C1CCC(OCC(=O)Nc2cccc(Br)c2)CC1. The van der Waals surface area contributed by atoms with E-state index in [1.54, 1.807) is 0 Å². The normalized spacial score (nSPS) is 16.4. The van der Waals surface area contributed by atoms with Crippen LogP contribution in [-0.2, 0) is 14.3 Å². The Kier molecular flexibility index (Phi) is 5.10. The average molecular weight is 326 g/mol. The van der Waals surface area contributed by atoms with Crippen molar-refractivity contribution >= 4 is 33.3 Å². The lowest BCUT2D eigenvalue weighted by atomic mass is 9.96. The Bertz CT molecular complexity index is 466. The van der Waals surface area contributed by atoms with Gasteiger partial charge >= 0.3 is 0 Å². The number of Topliss-reactive ketones (excluding diaryl/α,β-unsaturated/α-hetero) is 1. The number of nitrogens with one attached hydrogen (secondary N) is 1. The van der Waals surface area contributed by atoms with Gasteiger partial charge in [0.1, 0.15) is 12.4 Å². The number of carbonyl (C=O) groups excluding carboxylic acids is 2. The smallest absolute Gasteiger partial charge is 0.250 e. The molecule has 1 amide bonds. The second-order valence-corrected chi connectivity index (χ2v) is 5.52. The molecule has 0 radical (unpaired) electrons. The van der Waals surface area contributed by atoms with Crippen LogP contribution in [0.2, 0.25) is 0 Å². The van der Waals surface area contributed by atoms with Crippen molar-refractivity contribution in [3.05, 3.63) is 28.7 Å².